The van der Waals surface area contributed by atoms with E-state index in [2.05, 4.69) is 14.7 Å². The number of nitrogens with zero attached hydrogens (tertiary/aromatic N) is 1. The van der Waals surface area contributed by atoms with Gasteiger partial charge in [0, 0.05) is 0 Å². The Kier molecular flexibility index (Phi) is 2.94. The summed E-state index contributed by atoms with van der Waals surface area (Å²) in [6.45, 7) is 1.80. The molecule has 0 aliphatic carbocycles. The van der Waals surface area contributed by atoms with E-state index in [1.165, 1.54) is 0 Å². The van der Waals surface area contributed by atoms with Crippen LogP contribution >= 0.6 is 0 Å². The van der Waals surface area contributed by atoms with Gasteiger partial charge in [-0.1, -0.05) is 0 Å². The minimum atomic E-state index is -2.66. The summed E-state index contributed by atoms with van der Waals surface area (Å²) in [7, 11) is 0. The zero-order chi connectivity index (χ0) is 9.84. The van der Waals surface area contributed by atoms with Crippen LogP contribution < -0.4 is 0 Å². The summed E-state index contributed by atoms with van der Waals surface area (Å²) < 4.78 is 28.6. The lowest BCUT2D eigenvalue weighted by Gasteiger charge is -1.96. The van der Waals surface area contributed by atoms with Crippen molar-refractivity contribution in [1.29, 1.82) is 0 Å². The molecular weight excluding hydrogens is 182 g/mol. The molecule has 13 heavy (non-hydrogen) atoms. The van der Waals surface area contributed by atoms with E-state index in [1.54, 1.807) is 6.92 Å². The lowest BCUT2D eigenvalue weighted by molar-refractivity contribution is 0.0512. The molecule has 1 heterocycles. The van der Waals surface area contributed by atoms with Crippen LogP contribution in [0.2, 0.25) is 0 Å². The monoisotopic (exact) mass is 190 g/mol. The van der Waals surface area contributed by atoms with Gasteiger partial charge in [0.1, 0.15) is 5.69 Å². The molecule has 0 atom stereocenters. The molecule has 72 valence electrons. The number of aromatic nitrogens is 2. The number of esters is 1. The van der Waals surface area contributed by atoms with Crippen LogP contribution in [0.25, 0.3) is 0 Å². The predicted octanol–water partition coefficient (Wildman–Crippen LogP) is 1.52. The van der Waals surface area contributed by atoms with Crippen LogP contribution in [0, 0.1) is 0 Å². The van der Waals surface area contributed by atoms with Crippen molar-refractivity contribution in [3.05, 3.63) is 17.7 Å². The molecule has 4 nitrogen and oxygen atoms in total. The first-order valence-electron chi connectivity index (χ1n) is 3.65. The maximum absolute atomic E-state index is 12.0. The maximum atomic E-state index is 12.0. The Hall–Kier alpha value is -1.46. The van der Waals surface area contributed by atoms with E-state index in [0.717, 1.165) is 6.20 Å². The van der Waals surface area contributed by atoms with Gasteiger partial charge in [-0.3, -0.25) is 0 Å². The molecular formula is C7H8F2N2O2. The smallest absolute Gasteiger partial charge is 0.374 e. The molecule has 0 fully saturated rings. The third kappa shape index (κ3) is 2.24. The number of nitrogens with one attached hydrogen (secondary N) is 1. The summed E-state index contributed by atoms with van der Waals surface area (Å²) in [5.41, 5.74) is -0.386. The molecule has 1 aromatic heterocycles. The van der Waals surface area contributed by atoms with Crippen LogP contribution in [0.1, 0.15) is 29.7 Å². The highest BCUT2D eigenvalue weighted by molar-refractivity contribution is 5.85. The van der Waals surface area contributed by atoms with E-state index in [4.69, 9.17) is 0 Å². The fourth-order valence-electron chi connectivity index (χ4n) is 0.749. The van der Waals surface area contributed by atoms with Crippen molar-refractivity contribution in [3.63, 3.8) is 0 Å². The molecule has 0 spiro atoms. The number of carbonyl (C=O) groups excluding carboxylic acids is 1. The number of ether oxygens (including phenoxy) is 1. The normalized spacial score (nSPS) is 10.5. The van der Waals surface area contributed by atoms with Gasteiger partial charge in [0.25, 0.3) is 6.43 Å². The Balaban J connectivity index is 2.73. The molecule has 0 saturated heterocycles. The minimum Gasteiger partial charge on any atom is -0.460 e. The zero-order valence-corrected chi connectivity index (χ0v) is 6.88. The van der Waals surface area contributed by atoms with E-state index in [1.807, 2.05) is 0 Å². The van der Waals surface area contributed by atoms with Crippen molar-refractivity contribution in [2.75, 3.05) is 6.61 Å². The van der Waals surface area contributed by atoms with Gasteiger partial charge in [0.15, 0.2) is 0 Å². The summed E-state index contributed by atoms with van der Waals surface area (Å²) in [6.07, 6.45) is -1.74. The molecule has 0 aromatic carbocycles. The van der Waals surface area contributed by atoms with Gasteiger partial charge in [-0.2, -0.15) is 0 Å². The summed E-state index contributed by atoms with van der Waals surface area (Å²) >= 11 is 0. The quantitative estimate of drug-likeness (QED) is 0.735. The van der Waals surface area contributed by atoms with E-state index in [-0.39, 0.29) is 18.1 Å². The number of hydrogen-bond acceptors (Lipinski definition) is 3. The first kappa shape index (κ1) is 9.63. The molecule has 0 aliphatic rings. The van der Waals surface area contributed by atoms with Gasteiger partial charge < -0.3 is 9.72 Å². The fraction of sp³-hybridized carbons (Fsp3) is 0.429. The van der Waals surface area contributed by atoms with E-state index >= 15 is 0 Å². The molecule has 0 saturated carbocycles. The number of H-pyrrole nitrogens is 1. The predicted molar refractivity (Wildman–Crippen MR) is 39.5 cm³/mol. The van der Waals surface area contributed by atoms with Crippen molar-refractivity contribution >= 4 is 5.97 Å². The van der Waals surface area contributed by atoms with Crippen molar-refractivity contribution < 1.29 is 18.3 Å². The van der Waals surface area contributed by atoms with E-state index in [9.17, 15) is 13.6 Å². The average Bonchev–Trinajstić information content (AvgIpc) is 2.52. The number of halogens is 2. The summed E-state index contributed by atoms with van der Waals surface area (Å²) in [4.78, 5) is 16.5. The largest absolute Gasteiger partial charge is 0.460 e. The lowest BCUT2D eigenvalue weighted by Crippen LogP contribution is -2.06. The van der Waals surface area contributed by atoms with Gasteiger partial charge in [0.05, 0.1) is 12.8 Å². The first-order valence-corrected chi connectivity index (χ1v) is 3.65. The lowest BCUT2D eigenvalue weighted by atomic mass is 10.5. The molecule has 1 rings (SSSR count). The Morgan fingerprint density at radius 3 is 2.92 bits per heavy atom. The molecule has 0 amide bonds. The topological polar surface area (TPSA) is 55.0 Å². The second kappa shape index (κ2) is 3.97. The number of alkyl halides is 2. The molecule has 0 aliphatic heterocycles. The van der Waals surface area contributed by atoms with E-state index in [0.29, 0.717) is 0 Å². The van der Waals surface area contributed by atoms with Crippen LogP contribution in [0.3, 0.4) is 0 Å². The Labute approximate surface area is 72.9 Å². The number of aromatic amines is 1. The Morgan fingerprint density at radius 2 is 2.46 bits per heavy atom. The number of imidazole rings is 1. The molecule has 0 unspecified atom stereocenters. The number of hydrogen-bond donors (Lipinski definition) is 1. The van der Waals surface area contributed by atoms with Gasteiger partial charge in [-0.05, 0) is 6.92 Å². The summed E-state index contributed by atoms with van der Waals surface area (Å²) in [6, 6.07) is 0. The van der Waals surface area contributed by atoms with Crippen molar-refractivity contribution in [2.24, 2.45) is 0 Å². The Morgan fingerprint density at radius 1 is 1.77 bits per heavy atom. The van der Waals surface area contributed by atoms with Gasteiger partial charge in [-0.15, -0.1) is 0 Å². The van der Waals surface area contributed by atoms with E-state index < -0.39 is 12.4 Å². The molecule has 0 bridgehead atoms. The SMILES string of the molecule is CCOC(=O)c1ncc(C(F)F)[nH]1. The molecule has 6 heteroatoms. The van der Waals surface area contributed by atoms with Crippen LogP contribution in [-0.2, 0) is 4.74 Å². The summed E-state index contributed by atoms with van der Waals surface area (Å²) in [5.74, 6) is -0.924. The number of rotatable bonds is 3. The standard InChI is InChI=1S/C7H8F2N2O2/c1-2-13-7(12)6-10-3-4(11-6)5(8)9/h3,5H,2H2,1H3,(H,10,11). The fourth-order valence-corrected chi connectivity index (χ4v) is 0.749. The zero-order valence-electron chi connectivity index (χ0n) is 6.88. The van der Waals surface area contributed by atoms with Crippen molar-refractivity contribution in [1.82, 2.24) is 9.97 Å². The molecule has 1 aromatic rings. The van der Waals surface area contributed by atoms with Crippen LogP contribution in [-0.4, -0.2) is 22.5 Å². The second-order valence-corrected chi connectivity index (χ2v) is 2.21. The van der Waals surface area contributed by atoms with Gasteiger partial charge in [0.2, 0.25) is 5.82 Å². The van der Waals surface area contributed by atoms with Gasteiger partial charge >= 0.3 is 5.97 Å². The Bertz CT molecular complexity index is 298. The van der Waals surface area contributed by atoms with Crippen LogP contribution in [0.4, 0.5) is 8.78 Å². The maximum Gasteiger partial charge on any atom is 0.374 e. The highest BCUT2D eigenvalue weighted by Crippen LogP contribution is 2.15. The molecule has 1 N–H and O–H groups in total. The van der Waals surface area contributed by atoms with Gasteiger partial charge in [-0.25, -0.2) is 18.6 Å². The minimum absolute atomic E-state index is 0.184. The van der Waals surface area contributed by atoms with Crippen molar-refractivity contribution in [2.45, 2.75) is 13.3 Å². The second-order valence-electron chi connectivity index (χ2n) is 2.21. The number of carbonyl (C=O) groups is 1. The third-order valence-electron chi connectivity index (χ3n) is 1.30. The first-order chi connectivity index (χ1) is 6.15. The highest BCUT2D eigenvalue weighted by atomic mass is 19.3. The summed E-state index contributed by atoms with van der Waals surface area (Å²) in [5, 5.41) is 0. The average molecular weight is 190 g/mol. The van der Waals surface area contributed by atoms with Crippen LogP contribution in [0.15, 0.2) is 6.20 Å². The highest BCUT2D eigenvalue weighted by Gasteiger charge is 2.15. The third-order valence-corrected chi connectivity index (χ3v) is 1.30. The van der Waals surface area contributed by atoms with Crippen molar-refractivity contribution in [3.8, 4) is 0 Å². The van der Waals surface area contributed by atoms with Crippen LogP contribution in [0.5, 0.6) is 0 Å². The molecule has 0 radical (unpaired) electrons.